The normalized spacial score (nSPS) is 22.2. The Hall–Kier alpha value is -1.15. The molecule has 1 aromatic rings. The smallest absolute Gasteiger partial charge is 0.280 e. The molecule has 2 rings (SSSR count). The lowest BCUT2D eigenvalue weighted by Crippen LogP contribution is -2.23. The van der Waals surface area contributed by atoms with Crippen molar-refractivity contribution in [1.82, 2.24) is 10.2 Å². The maximum atomic E-state index is 11.2. The number of aromatic nitrogens is 2. The van der Waals surface area contributed by atoms with Crippen molar-refractivity contribution in [3.63, 3.8) is 0 Å². The predicted molar refractivity (Wildman–Crippen MR) is 62.9 cm³/mol. The summed E-state index contributed by atoms with van der Waals surface area (Å²) in [7, 11) is -3.10. The minimum absolute atomic E-state index is 0.00770. The molecule has 2 heterocycles. The minimum Gasteiger partial charge on any atom is -0.375 e. The Kier molecular flexibility index (Phi) is 2.85. The van der Waals surface area contributed by atoms with Crippen LogP contribution in [0.15, 0.2) is 26.9 Å². The van der Waals surface area contributed by atoms with Crippen molar-refractivity contribution in [2.24, 2.45) is 0 Å². The van der Waals surface area contributed by atoms with Gasteiger partial charge in [0.25, 0.3) is 5.56 Å². The molecule has 86 valence electrons. The molecule has 0 fully saturated rings. The molecule has 1 unspecified atom stereocenters. The third kappa shape index (κ3) is 2.33. The van der Waals surface area contributed by atoms with Crippen LogP contribution in [-0.4, -0.2) is 30.4 Å². The molecule has 0 aromatic carbocycles. The molecule has 0 spiro atoms. The number of nitrogens with zero attached hydrogens (tertiary/aromatic N) is 1. The van der Waals surface area contributed by atoms with E-state index in [1.165, 1.54) is 11.6 Å². The summed E-state index contributed by atoms with van der Waals surface area (Å²) in [5.74, 6) is -0.00770. The average Bonchev–Trinajstić information content (AvgIpc) is 2.53. The molecular weight excluding hydrogens is 298 g/mol. The lowest BCUT2D eigenvalue weighted by atomic mass is 10.3. The van der Waals surface area contributed by atoms with Gasteiger partial charge in [-0.1, -0.05) is 6.08 Å². The standard InChI is InChI=1S/C8H8BrN3O3S/c9-7-6(3-10-12-8(7)13)11-5-1-2-16(14,15)4-5/h1-3,5H,4H2,(H2,11,12,13). The van der Waals surface area contributed by atoms with Gasteiger partial charge in [0.1, 0.15) is 4.47 Å². The zero-order chi connectivity index (χ0) is 11.8. The Morgan fingerprint density at radius 2 is 2.31 bits per heavy atom. The molecule has 1 aromatic heterocycles. The Balaban J connectivity index is 2.21. The molecule has 16 heavy (non-hydrogen) atoms. The minimum atomic E-state index is -3.10. The summed E-state index contributed by atoms with van der Waals surface area (Å²) >= 11 is 3.10. The molecule has 0 amide bonds. The number of rotatable bonds is 2. The van der Waals surface area contributed by atoms with Crippen LogP contribution >= 0.6 is 15.9 Å². The van der Waals surface area contributed by atoms with Crippen LogP contribution in [0.1, 0.15) is 0 Å². The fourth-order valence-electron chi connectivity index (χ4n) is 1.35. The molecule has 0 aliphatic carbocycles. The van der Waals surface area contributed by atoms with Crippen molar-refractivity contribution in [2.45, 2.75) is 6.04 Å². The van der Waals surface area contributed by atoms with Crippen molar-refractivity contribution in [3.05, 3.63) is 32.5 Å². The summed E-state index contributed by atoms with van der Waals surface area (Å²) in [6.07, 6.45) is 2.97. The Bertz CT molecular complexity index is 593. The summed E-state index contributed by atoms with van der Waals surface area (Å²) in [6.45, 7) is 0. The van der Waals surface area contributed by atoms with Gasteiger partial charge in [0.05, 0.1) is 23.7 Å². The molecule has 2 N–H and O–H groups in total. The molecule has 0 radical (unpaired) electrons. The summed E-state index contributed by atoms with van der Waals surface area (Å²) < 4.78 is 22.6. The summed E-state index contributed by atoms with van der Waals surface area (Å²) in [4.78, 5) is 11.2. The van der Waals surface area contributed by atoms with Gasteiger partial charge in [-0.3, -0.25) is 4.79 Å². The Morgan fingerprint density at radius 3 is 2.94 bits per heavy atom. The first kappa shape index (κ1) is 11.3. The third-order valence-electron chi connectivity index (χ3n) is 2.07. The SMILES string of the molecule is O=c1[nH]ncc(NC2C=CS(=O)(=O)C2)c1Br. The number of aromatic amines is 1. The van der Waals surface area contributed by atoms with E-state index < -0.39 is 9.84 Å². The molecular formula is C8H8BrN3O3S. The second kappa shape index (κ2) is 4.02. The van der Waals surface area contributed by atoms with E-state index >= 15 is 0 Å². The number of anilines is 1. The van der Waals surface area contributed by atoms with Crippen LogP contribution < -0.4 is 10.9 Å². The summed E-state index contributed by atoms with van der Waals surface area (Å²) in [6, 6.07) is -0.329. The Labute approximate surface area is 99.8 Å². The van der Waals surface area contributed by atoms with Crippen LogP contribution in [0.5, 0.6) is 0 Å². The van der Waals surface area contributed by atoms with Gasteiger partial charge in [0.2, 0.25) is 0 Å². The second-order valence-electron chi connectivity index (χ2n) is 3.34. The van der Waals surface area contributed by atoms with Crippen molar-refractivity contribution in [1.29, 1.82) is 0 Å². The highest BCUT2D eigenvalue weighted by Gasteiger charge is 2.22. The van der Waals surface area contributed by atoms with Crippen LogP contribution in [0.2, 0.25) is 0 Å². The van der Waals surface area contributed by atoms with Gasteiger partial charge in [-0.15, -0.1) is 0 Å². The van der Waals surface area contributed by atoms with E-state index in [0.717, 1.165) is 0 Å². The van der Waals surface area contributed by atoms with Gasteiger partial charge in [-0.2, -0.15) is 5.10 Å². The zero-order valence-electron chi connectivity index (χ0n) is 7.97. The van der Waals surface area contributed by atoms with Crippen molar-refractivity contribution in [2.75, 3.05) is 11.1 Å². The first-order valence-electron chi connectivity index (χ1n) is 4.38. The van der Waals surface area contributed by atoms with E-state index in [1.54, 1.807) is 6.08 Å². The number of sulfone groups is 1. The fraction of sp³-hybridized carbons (Fsp3) is 0.250. The van der Waals surface area contributed by atoms with Crippen LogP contribution in [-0.2, 0) is 9.84 Å². The van der Waals surface area contributed by atoms with E-state index in [9.17, 15) is 13.2 Å². The lowest BCUT2D eigenvalue weighted by molar-refractivity contribution is 0.605. The second-order valence-corrected chi connectivity index (χ2v) is 6.06. The first-order valence-corrected chi connectivity index (χ1v) is 6.89. The van der Waals surface area contributed by atoms with E-state index in [2.05, 4.69) is 31.4 Å². The molecule has 1 atom stereocenters. The molecule has 8 heteroatoms. The fourth-order valence-corrected chi connectivity index (χ4v) is 2.89. The maximum Gasteiger partial charge on any atom is 0.280 e. The van der Waals surface area contributed by atoms with E-state index in [-0.39, 0.29) is 17.4 Å². The molecule has 1 aliphatic rings. The molecule has 1 aliphatic heterocycles. The van der Waals surface area contributed by atoms with Gasteiger partial charge < -0.3 is 5.32 Å². The van der Waals surface area contributed by atoms with Gasteiger partial charge in [0, 0.05) is 5.41 Å². The van der Waals surface area contributed by atoms with Crippen LogP contribution in [0.3, 0.4) is 0 Å². The van der Waals surface area contributed by atoms with Crippen molar-refractivity contribution in [3.8, 4) is 0 Å². The van der Waals surface area contributed by atoms with Crippen molar-refractivity contribution < 1.29 is 8.42 Å². The first-order chi connectivity index (χ1) is 7.48. The predicted octanol–water partition coefficient (Wildman–Crippen LogP) is 0.255. The highest BCUT2D eigenvalue weighted by atomic mass is 79.9. The van der Waals surface area contributed by atoms with Gasteiger partial charge in [-0.25, -0.2) is 13.5 Å². The molecule has 0 saturated heterocycles. The maximum absolute atomic E-state index is 11.2. The molecule has 0 bridgehead atoms. The van der Waals surface area contributed by atoms with Crippen molar-refractivity contribution >= 4 is 31.5 Å². The van der Waals surface area contributed by atoms with Crippen LogP contribution in [0.25, 0.3) is 0 Å². The van der Waals surface area contributed by atoms with E-state index in [1.807, 2.05) is 0 Å². The van der Waals surface area contributed by atoms with Gasteiger partial charge in [0.15, 0.2) is 9.84 Å². The lowest BCUT2D eigenvalue weighted by Gasteiger charge is -2.11. The topological polar surface area (TPSA) is 91.9 Å². The van der Waals surface area contributed by atoms with E-state index in [4.69, 9.17) is 0 Å². The molecule has 6 nitrogen and oxygen atoms in total. The highest BCUT2D eigenvalue weighted by molar-refractivity contribution is 9.10. The van der Waals surface area contributed by atoms with E-state index in [0.29, 0.717) is 10.2 Å². The number of hydrogen-bond acceptors (Lipinski definition) is 5. The highest BCUT2D eigenvalue weighted by Crippen LogP contribution is 2.19. The summed E-state index contributed by atoms with van der Waals surface area (Å²) in [5, 5.41) is 9.95. The largest absolute Gasteiger partial charge is 0.375 e. The quantitative estimate of drug-likeness (QED) is 0.817. The number of H-pyrrole nitrogens is 1. The number of hydrogen-bond donors (Lipinski definition) is 2. The Morgan fingerprint density at radius 1 is 1.56 bits per heavy atom. The van der Waals surface area contributed by atoms with Crippen LogP contribution in [0.4, 0.5) is 5.69 Å². The third-order valence-corrected chi connectivity index (χ3v) is 4.25. The van der Waals surface area contributed by atoms with Gasteiger partial charge in [-0.05, 0) is 15.9 Å². The zero-order valence-corrected chi connectivity index (χ0v) is 10.4. The number of nitrogens with one attached hydrogen (secondary N) is 2. The monoisotopic (exact) mass is 305 g/mol. The molecule has 0 saturated carbocycles. The number of halogens is 1. The average molecular weight is 306 g/mol. The summed E-state index contributed by atoms with van der Waals surface area (Å²) in [5.41, 5.74) is 0.102. The van der Waals surface area contributed by atoms with Crippen LogP contribution in [0, 0.1) is 0 Å². The van der Waals surface area contributed by atoms with Gasteiger partial charge >= 0.3 is 0 Å².